The fourth-order valence-electron chi connectivity index (χ4n) is 20.3. The summed E-state index contributed by atoms with van der Waals surface area (Å²) in [5.74, 6) is -2.16. The zero-order valence-corrected chi connectivity index (χ0v) is 59.9. The van der Waals surface area contributed by atoms with E-state index in [4.69, 9.17) is 66.3 Å². The lowest BCUT2D eigenvalue weighted by Gasteiger charge is -2.72. The number of hydrogen-bond acceptors (Lipinski definition) is 36. The van der Waals surface area contributed by atoms with Gasteiger partial charge in [-0.2, -0.15) is 0 Å². The second kappa shape index (κ2) is 31.0. The van der Waals surface area contributed by atoms with E-state index in [0.29, 0.717) is 32.1 Å². The Morgan fingerprint density at radius 1 is 0.448 bits per heavy atom. The van der Waals surface area contributed by atoms with Crippen LogP contribution in [0.2, 0.25) is 0 Å². The minimum atomic E-state index is -2.07. The smallest absolute Gasteiger partial charge is 0.317 e. The number of aliphatic hydroxyl groups is 21. The Labute approximate surface area is 605 Å². The topological polar surface area (TPSA) is 571 Å². The van der Waals surface area contributed by atoms with Gasteiger partial charge in [-0.05, 0) is 105 Å². The van der Waals surface area contributed by atoms with Crippen LogP contribution in [0, 0.1) is 50.2 Å². The molecule has 36 nitrogen and oxygen atoms in total. The first-order valence-electron chi connectivity index (χ1n) is 36.7. The maximum atomic E-state index is 15.6. The highest BCUT2D eigenvalue weighted by Crippen LogP contribution is 2.76. The lowest BCUT2D eigenvalue weighted by atomic mass is 9.33. The summed E-state index contributed by atoms with van der Waals surface area (Å²) >= 11 is 0. The molecule has 4 saturated carbocycles. The van der Waals surface area contributed by atoms with E-state index in [9.17, 15) is 107 Å². The lowest BCUT2D eigenvalue weighted by Crippen LogP contribution is -2.71. The van der Waals surface area contributed by atoms with Gasteiger partial charge in [0, 0.05) is 5.41 Å². The quantitative estimate of drug-likeness (QED) is 0.0365. The van der Waals surface area contributed by atoms with Crippen LogP contribution in [-0.4, -0.2) is 368 Å². The highest BCUT2D eigenvalue weighted by Gasteiger charge is 2.74. The molecular formula is C69H112O36. The predicted molar refractivity (Wildman–Crippen MR) is 344 cm³/mol. The third-order valence-corrected chi connectivity index (χ3v) is 26.6. The maximum Gasteiger partial charge on any atom is 0.317 e. The molecule has 36 heteroatoms. The number of rotatable bonds is 17. The zero-order chi connectivity index (χ0) is 76.6. The SMILES string of the molecule is C[C@@H]1O[C@@H](O[C@@H]2[C@@H](O)[C@H](O[C@@H]3[C@@H](O)[C@@H](O)[C@H](O[C@H]4[C@H](OC(=O)[C@]56CCC(C)(C)C[C@@H]5C5=CC[C@@H]7[C@@]8(C)C[C@H](O)[C@H](O[C@@H]9O[C@H](CO)[C@@H](O)[C@H](O[C@@H]%10OC[C@@H](O)[C@H](O)[C@H]%10O)[C@H]9O)[C@@](C)(CO)[C@@H]8CC[C@@]7(C)[C@]5(C)C[C@H]6O)OC[C@H](O)[C@H]4O)O[C@H]3C)OC[C@H]2O)[C@H](O[C@@H]2O[C@@H](CO)[C@@H](O)[C@H](O)[C@@H]2O)[C@H](O)[C@H]1O. The Hall–Kier alpha value is -2.15. The molecule has 21 N–H and O–H groups in total. The largest absolute Gasteiger partial charge is 0.432 e. The highest BCUT2D eigenvalue weighted by atomic mass is 16.8. The van der Waals surface area contributed by atoms with Gasteiger partial charge in [0.2, 0.25) is 6.29 Å². The number of ether oxygens (including phenoxy) is 14. The van der Waals surface area contributed by atoms with Crippen molar-refractivity contribution in [1.29, 1.82) is 0 Å². The number of carbonyl (C=O) groups is 1. The molecule has 0 spiro atoms. The van der Waals surface area contributed by atoms with Crippen LogP contribution in [-0.2, 0) is 71.1 Å². The monoisotopic (exact) mass is 1520 g/mol. The minimum absolute atomic E-state index is 0.0586. The van der Waals surface area contributed by atoms with Gasteiger partial charge < -0.3 is 174 Å². The molecule has 604 valence electrons. The van der Waals surface area contributed by atoms with Gasteiger partial charge in [0.1, 0.15) is 140 Å². The molecule has 0 aromatic carbocycles. The van der Waals surface area contributed by atoms with Crippen molar-refractivity contribution >= 4 is 5.97 Å². The summed E-state index contributed by atoms with van der Waals surface area (Å²) in [4.78, 5) is 15.6. The van der Waals surface area contributed by atoms with Gasteiger partial charge in [0.05, 0.1) is 70.2 Å². The van der Waals surface area contributed by atoms with Crippen molar-refractivity contribution in [2.75, 3.05) is 39.6 Å². The molecule has 12 rings (SSSR count). The summed E-state index contributed by atoms with van der Waals surface area (Å²) < 4.78 is 82.8. The number of carbonyl (C=O) groups excluding carboxylic acids is 1. The van der Waals surface area contributed by atoms with E-state index >= 15 is 4.79 Å². The number of esters is 1. The first-order valence-corrected chi connectivity index (χ1v) is 36.7. The molecule has 0 radical (unpaired) electrons. The Morgan fingerprint density at radius 3 is 1.61 bits per heavy atom. The van der Waals surface area contributed by atoms with Crippen LogP contribution in [0.15, 0.2) is 11.6 Å². The summed E-state index contributed by atoms with van der Waals surface area (Å²) in [6.07, 6.45) is -54.6. The molecule has 0 aromatic rings. The van der Waals surface area contributed by atoms with Crippen LogP contribution in [0.1, 0.15) is 107 Å². The van der Waals surface area contributed by atoms with Gasteiger partial charge in [-0.15, -0.1) is 0 Å². The Bertz CT molecular complexity index is 2990. The summed E-state index contributed by atoms with van der Waals surface area (Å²) in [6, 6.07) is 0. The number of aliphatic hydroxyl groups excluding tert-OH is 21. The fraction of sp³-hybridized carbons (Fsp3) is 0.957. The van der Waals surface area contributed by atoms with E-state index in [-0.39, 0.29) is 36.5 Å². The summed E-state index contributed by atoms with van der Waals surface area (Å²) in [7, 11) is 0. The molecule has 7 aliphatic heterocycles. The lowest BCUT2D eigenvalue weighted by molar-refractivity contribution is -0.390. The minimum Gasteiger partial charge on any atom is -0.432 e. The van der Waals surface area contributed by atoms with Crippen molar-refractivity contribution in [3.8, 4) is 0 Å². The van der Waals surface area contributed by atoms with Crippen molar-refractivity contribution in [2.45, 2.75) is 322 Å². The standard InChI is InChI=1S/C69H112O36/c1-24-37(78)43(84)54(103-59-46(87)42(83)40(81)32(18-70)97-59)62(95-24)100-51-31(76)22-93-57(48(51)89)99-50-25(2)96-58(47(88)44(50)85)102-53-39(80)30(75)21-94-61(53)105-63(91)69-14-13-64(3,4)15-27(69)26-9-10-35-65(5)16-28(73)55(66(6,23-72)34(65)11-12-67(35,7)68(26,8)17-36(69)77)104-60-49(90)52(41(82)33(19-71)98-60)101-56-45(86)38(79)29(74)20-92-56/h9,24-25,27-62,70-90H,10-23H2,1-8H3/t24-,25-,27+,28-,29+,30-,31+,32-,33+,34+,35+,36+,37-,38-,39+,40+,41+,42-,43+,44-,45+,46-,47+,48+,49+,50-,51-,52-,53+,54+,55-,56-,57-,58-,59-,60-,61-,62-,65-,66-,67+,68+,69+/m0/s1. The van der Waals surface area contributed by atoms with Crippen molar-refractivity contribution in [2.24, 2.45) is 50.2 Å². The van der Waals surface area contributed by atoms with Crippen LogP contribution in [0.3, 0.4) is 0 Å². The first kappa shape index (κ1) is 82.3. The normalized spacial score (nSPS) is 55.9. The molecular weight excluding hydrogens is 1400 g/mol. The van der Waals surface area contributed by atoms with Gasteiger partial charge in [-0.3, -0.25) is 4.79 Å². The Morgan fingerprint density at radius 2 is 0.962 bits per heavy atom. The van der Waals surface area contributed by atoms with Crippen LogP contribution in [0.25, 0.3) is 0 Å². The third kappa shape index (κ3) is 14.2. The molecule has 0 bridgehead atoms. The molecule has 0 unspecified atom stereocenters. The number of fused-ring (bicyclic) bond motifs is 7. The molecule has 7 saturated heterocycles. The summed E-state index contributed by atoms with van der Waals surface area (Å²) in [5, 5.41) is 234. The molecule has 7 heterocycles. The van der Waals surface area contributed by atoms with Crippen LogP contribution in [0.5, 0.6) is 0 Å². The van der Waals surface area contributed by atoms with Gasteiger partial charge in [-0.1, -0.05) is 53.2 Å². The van der Waals surface area contributed by atoms with E-state index < -0.39 is 294 Å². The van der Waals surface area contributed by atoms with Crippen molar-refractivity contribution < 1.29 is 178 Å². The fourth-order valence-corrected chi connectivity index (χ4v) is 20.3. The average molecular weight is 1520 g/mol. The van der Waals surface area contributed by atoms with E-state index in [1.807, 2.05) is 0 Å². The van der Waals surface area contributed by atoms with Crippen molar-refractivity contribution in [3.63, 3.8) is 0 Å². The third-order valence-electron chi connectivity index (χ3n) is 26.6. The number of allylic oxidation sites excluding steroid dienone is 2. The maximum absolute atomic E-state index is 15.6. The second-order valence-electron chi connectivity index (χ2n) is 33.4. The summed E-state index contributed by atoms with van der Waals surface area (Å²) in [6.45, 7) is 11.3. The molecule has 105 heavy (non-hydrogen) atoms. The first-order chi connectivity index (χ1) is 49.3. The molecule has 0 aromatic heterocycles. The Balaban J connectivity index is 0.730. The average Bonchev–Trinajstić information content (AvgIpc) is 0.669. The van der Waals surface area contributed by atoms with E-state index in [1.54, 1.807) is 6.92 Å². The van der Waals surface area contributed by atoms with E-state index in [1.165, 1.54) is 13.8 Å². The zero-order valence-electron chi connectivity index (χ0n) is 59.9. The van der Waals surface area contributed by atoms with Gasteiger partial charge in [0.15, 0.2) is 43.8 Å². The molecule has 43 atom stereocenters. The van der Waals surface area contributed by atoms with Crippen molar-refractivity contribution in [3.05, 3.63) is 11.6 Å². The Kier molecular flexibility index (Phi) is 24.3. The molecule has 0 amide bonds. The highest BCUT2D eigenvalue weighted by molar-refractivity contribution is 5.80. The van der Waals surface area contributed by atoms with Crippen LogP contribution >= 0.6 is 0 Å². The van der Waals surface area contributed by atoms with Gasteiger partial charge in [0.25, 0.3) is 0 Å². The van der Waals surface area contributed by atoms with Crippen LogP contribution < -0.4 is 0 Å². The molecule has 5 aliphatic carbocycles. The van der Waals surface area contributed by atoms with E-state index in [2.05, 4.69) is 40.7 Å². The number of hydrogen-bond donors (Lipinski definition) is 21. The van der Waals surface area contributed by atoms with Gasteiger partial charge >= 0.3 is 5.97 Å². The van der Waals surface area contributed by atoms with Crippen LogP contribution in [0.4, 0.5) is 0 Å². The van der Waals surface area contributed by atoms with Crippen molar-refractivity contribution in [1.82, 2.24) is 0 Å². The molecule has 12 aliphatic rings. The summed E-state index contributed by atoms with van der Waals surface area (Å²) in [5.41, 5.74) is -4.57. The van der Waals surface area contributed by atoms with E-state index in [0.717, 1.165) is 5.57 Å². The predicted octanol–water partition coefficient (Wildman–Crippen LogP) is -7.68. The molecule has 11 fully saturated rings. The van der Waals surface area contributed by atoms with Gasteiger partial charge in [-0.25, -0.2) is 0 Å². The second-order valence-corrected chi connectivity index (χ2v) is 33.4.